The number of benzene rings is 3. The highest BCUT2D eigenvalue weighted by atomic mass is 16.8. The molecule has 5 heteroatoms. The highest BCUT2D eigenvalue weighted by molar-refractivity contribution is 5.82. The van der Waals surface area contributed by atoms with Gasteiger partial charge in [0.1, 0.15) is 6.10 Å². The second kappa shape index (κ2) is 10.1. The third-order valence-electron chi connectivity index (χ3n) is 6.72. The summed E-state index contributed by atoms with van der Waals surface area (Å²) in [5.74, 6) is -1.08. The lowest BCUT2D eigenvalue weighted by molar-refractivity contribution is -0.220. The number of rotatable bonds is 8. The van der Waals surface area contributed by atoms with Crippen LogP contribution in [0.25, 0.3) is 0 Å². The zero-order valence-electron chi connectivity index (χ0n) is 19.6. The normalized spacial score (nSPS) is 24.3. The van der Waals surface area contributed by atoms with Gasteiger partial charge in [-0.3, -0.25) is 9.69 Å². The van der Waals surface area contributed by atoms with E-state index in [1.54, 1.807) is 0 Å². The Labute approximate surface area is 201 Å². The molecular formula is C29H32N2O3. The Bertz CT molecular complexity index is 1040. The molecule has 3 aromatic carbocycles. The molecule has 2 aliphatic heterocycles. The number of hydrogen-bond donors (Lipinski definition) is 1. The van der Waals surface area contributed by atoms with E-state index in [9.17, 15) is 4.79 Å². The van der Waals surface area contributed by atoms with Crippen LogP contribution in [-0.4, -0.2) is 42.6 Å². The SMILES string of the molecule is CCCCNC(=O)[C@@H]1O[C@@]2(c3ccccc3)CN(C(c3ccccc3)c3ccccc3)C[C@@H]1O2. The lowest BCUT2D eigenvalue weighted by atomic mass is 9.94. The van der Waals surface area contributed by atoms with Crippen molar-refractivity contribution in [3.8, 4) is 0 Å². The predicted molar refractivity (Wildman–Crippen MR) is 132 cm³/mol. The number of nitrogens with zero attached hydrogens (tertiary/aromatic N) is 1. The molecule has 1 amide bonds. The Morgan fingerprint density at radius 2 is 1.53 bits per heavy atom. The third-order valence-corrected chi connectivity index (χ3v) is 6.72. The Hall–Kier alpha value is -2.99. The van der Waals surface area contributed by atoms with Crippen molar-refractivity contribution in [2.24, 2.45) is 0 Å². The molecule has 0 spiro atoms. The quantitative estimate of drug-likeness (QED) is 0.502. The Morgan fingerprint density at radius 1 is 0.941 bits per heavy atom. The Balaban J connectivity index is 1.51. The van der Waals surface area contributed by atoms with E-state index in [0.29, 0.717) is 19.6 Å². The molecule has 0 saturated carbocycles. The average molecular weight is 457 g/mol. The van der Waals surface area contributed by atoms with Crippen LogP contribution in [0, 0.1) is 0 Å². The van der Waals surface area contributed by atoms with E-state index in [4.69, 9.17) is 9.47 Å². The van der Waals surface area contributed by atoms with Gasteiger partial charge in [-0.2, -0.15) is 0 Å². The van der Waals surface area contributed by atoms with E-state index in [1.165, 1.54) is 11.1 Å². The van der Waals surface area contributed by atoms with Crippen LogP contribution in [0.5, 0.6) is 0 Å². The van der Waals surface area contributed by atoms with Crippen LogP contribution in [0.2, 0.25) is 0 Å². The lowest BCUT2D eigenvalue weighted by Gasteiger charge is -2.42. The monoisotopic (exact) mass is 456 g/mol. The van der Waals surface area contributed by atoms with E-state index in [0.717, 1.165) is 18.4 Å². The topological polar surface area (TPSA) is 50.8 Å². The molecule has 5 rings (SSSR count). The first-order valence-corrected chi connectivity index (χ1v) is 12.2. The summed E-state index contributed by atoms with van der Waals surface area (Å²) < 4.78 is 13.1. The molecule has 0 radical (unpaired) electrons. The number of hydrogen-bond acceptors (Lipinski definition) is 4. The summed E-state index contributed by atoms with van der Waals surface area (Å²) >= 11 is 0. The van der Waals surface area contributed by atoms with Crippen molar-refractivity contribution in [1.29, 1.82) is 0 Å². The second-order valence-corrected chi connectivity index (χ2v) is 9.11. The minimum absolute atomic E-state index is 0.0300. The molecule has 34 heavy (non-hydrogen) atoms. The minimum Gasteiger partial charge on any atom is -0.354 e. The van der Waals surface area contributed by atoms with Gasteiger partial charge >= 0.3 is 0 Å². The van der Waals surface area contributed by atoms with Crippen molar-refractivity contribution in [2.45, 2.75) is 43.8 Å². The average Bonchev–Trinajstić information content (AvgIpc) is 3.17. The highest BCUT2D eigenvalue weighted by Crippen LogP contribution is 2.45. The minimum atomic E-state index is -0.987. The number of morpholine rings is 1. The summed E-state index contributed by atoms with van der Waals surface area (Å²) in [6.07, 6.45) is 0.979. The molecule has 5 nitrogen and oxygen atoms in total. The molecule has 2 saturated heterocycles. The van der Waals surface area contributed by atoms with Gasteiger partial charge in [-0.05, 0) is 17.5 Å². The summed E-state index contributed by atoms with van der Waals surface area (Å²) in [7, 11) is 0. The molecule has 2 fully saturated rings. The van der Waals surface area contributed by atoms with Crippen molar-refractivity contribution in [3.05, 3.63) is 108 Å². The first-order valence-electron chi connectivity index (χ1n) is 12.2. The molecule has 176 valence electrons. The van der Waals surface area contributed by atoms with Crippen LogP contribution in [0.15, 0.2) is 91.0 Å². The van der Waals surface area contributed by atoms with Gasteiger partial charge in [-0.15, -0.1) is 0 Å². The zero-order chi connectivity index (χ0) is 23.4. The summed E-state index contributed by atoms with van der Waals surface area (Å²) in [4.78, 5) is 15.5. The standard InChI is InChI=1S/C29H32N2O3/c1-2-3-19-30-28(32)27-25-20-31(21-29(33-25,34-27)24-17-11-6-12-18-24)26(22-13-7-4-8-14-22)23-15-9-5-10-16-23/h4-18,25-27H,2-3,19-21H2,1H3,(H,30,32)/t25-,27+,29+/m0/s1. The fourth-order valence-electron chi connectivity index (χ4n) is 5.10. The van der Waals surface area contributed by atoms with Crippen LogP contribution in [0.4, 0.5) is 0 Å². The van der Waals surface area contributed by atoms with Crippen molar-refractivity contribution in [3.63, 3.8) is 0 Å². The largest absolute Gasteiger partial charge is 0.354 e. The number of carbonyl (C=O) groups excluding carboxylic acids is 1. The zero-order valence-corrected chi connectivity index (χ0v) is 19.6. The maximum Gasteiger partial charge on any atom is 0.252 e. The third kappa shape index (κ3) is 4.51. The highest BCUT2D eigenvalue weighted by Gasteiger charge is 2.57. The number of amides is 1. The maximum absolute atomic E-state index is 13.1. The second-order valence-electron chi connectivity index (χ2n) is 9.11. The molecule has 0 aromatic heterocycles. The molecule has 2 aliphatic rings. The molecule has 0 aliphatic carbocycles. The van der Waals surface area contributed by atoms with Crippen LogP contribution in [0.1, 0.15) is 42.5 Å². The van der Waals surface area contributed by atoms with Crippen LogP contribution >= 0.6 is 0 Å². The van der Waals surface area contributed by atoms with Gasteiger partial charge in [-0.1, -0.05) is 104 Å². The molecule has 1 N–H and O–H groups in total. The van der Waals surface area contributed by atoms with Gasteiger partial charge in [0.2, 0.25) is 5.79 Å². The Kier molecular flexibility index (Phi) is 6.77. The van der Waals surface area contributed by atoms with Gasteiger partial charge in [0.05, 0.1) is 12.6 Å². The van der Waals surface area contributed by atoms with Gasteiger partial charge in [0.15, 0.2) is 6.10 Å². The van der Waals surface area contributed by atoms with Crippen LogP contribution in [0.3, 0.4) is 0 Å². The van der Waals surface area contributed by atoms with E-state index >= 15 is 0 Å². The van der Waals surface area contributed by atoms with Gasteiger partial charge in [0.25, 0.3) is 5.91 Å². The number of unbranched alkanes of at least 4 members (excludes halogenated alkanes) is 1. The molecule has 3 aromatic rings. The molecule has 2 bridgehead atoms. The lowest BCUT2D eigenvalue weighted by Crippen LogP contribution is -2.51. The smallest absolute Gasteiger partial charge is 0.252 e. The van der Waals surface area contributed by atoms with Crippen molar-refractivity contribution in [2.75, 3.05) is 19.6 Å². The number of carbonyl (C=O) groups is 1. The first kappa shape index (κ1) is 22.8. The van der Waals surface area contributed by atoms with Gasteiger partial charge < -0.3 is 14.8 Å². The fourth-order valence-corrected chi connectivity index (χ4v) is 5.10. The van der Waals surface area contributed by atoms with E-state index in [-0.39, 0.29) is 18.1 Å². The summed E-state index contributed by atoms with van der Waals surface area (Å²) in [5, 5.41) is 3.05. The van der Waals surface area contributed by atoms with Crippen molar-refractivity contribution >= 4 is 5.91 Å². The fraction of sp³-hybridized carbons (Fsp3) is 0.345. The number of ether oxygens (including phenoxy) is 2. The summed E-state index contributed by atoms with van der Waals surface area (Å²) in [6.45, 7) is 3.90. The molecular weight excluding hydrogens is 424 g/mol. The van der Waals surface area contributed by atoms with Crippen molar-refractivity contribution in [1.82, 2.24) is 10.2 Å². The van der Waals surface area contributed by atoms with Crippen molar-refractivity contribution < 1.29 is 14.3 Å². The molecule has 3 atom stereocenters. The molecule has 0 unspecified atom stereocenters. The Morgan fingerprint density at radius 3 is 2.12 bits per heavy atom. The first-order chi connectivity index (χ1) is 16.7. The number of nitrogens with one attached hydrogen (secondary N) is 1. The van der Waals surface area contributed by atoms with Gasteiger partial charge in [0, 0.05) is 18.7 Å². The summed E-state index contributed by atoms with van der Waals surface area (Å²) in [6, 6.07) is 31.1. The molecule has 2 heterocycles. The number of fused-ring (bicyclic) bond motifs is 2. The van der Waals surface area contributed by atoms with E-state index in [1.807, 2.05) is 42.5 Å². The van der Waals surface area contributed by atoms with Crippen LogP contribution in [-0.2, 0) is 20.1 Å². The van der Waals surface area contributed by atoms with E-state index in [2.05, 4.69) is 65.7 Å². The predicted octanol–water partition coefficient (Wildman–Crippen LogP) is 4.64. The maximum atomic E-state index is 13.1. The van der Waals surface area contributed by atoms with Gasteiger partial charge in [-0.25, -0.2) is 0 Å². The summed E-state index contributed by atoms with van der Waals surface area (Å²) in [5.41, 5.74) is 3.36. The van der Waals surface area contributed by atoms with E-state index < -0.39 is 11.9 Å². The van der Waals surface area contributed by atoms with Crippen LogP contribution < -0.4 is 5.32 Å².